The normalized spacial score (nSPS) is 16.1. The lowest BCUT2D eigenvalue weighted by molar-refractivity contribution is -0.121. The van der Waals surface area contributed by atoms with Crippen molar-refractivity contribution in [3.8, 4) is 0 Å². The summed E-state index contributed by atoms with van der Waals surface area (Å²) < 4.78 is 0. The predicted molar refractivity (Wildman–Crippen MR) is 68.9 cm³/mol. The SMILES string of the molecule is CC(=O)NCCCCCC(=O)NCC1(CO)CC1. The van der Waals surface area contributed by atoms with E-state index < -0.39 is 0 Å². The fourth-order valence-electron chi connectivity index (χ4n) is 1.79. The van der Waals surface area contributed by atoms with Gasteiger partial charge in [0.25, 0.3) is 0 Å². The molecule has 0 aromatic rings. The molecule has 1 fully saturated rings. The minimum absolute atomic E-state index is 0.00789. The minimum Gasteiger partial charge on any atom is -0.396 e. The summed E-state index contributed by atoms with van der Waals surface area (Å²) in [7, 11) is 0. The van der Waals surface area contributed by atoms with E-state index in [9.17, 15) is 9.59 Å². The maximum atomic E-state index is 11.5. The van der Waals surface area contributed by atoms with Gasteiger partial charge in [0.2, 0.25) is 11.8 Å². The lowest BCUT2D eigenvalue weighted by Crippen LogP contribution is -2.31. The van der Waals surface area contributed by atoms with Crippen LogP contribution in [-0.4, -0.2) is 36.6 Å². The van der Waals surface area contributed by atoms with Crippen LogP contribution in [0.4, 0.5) is 0 Å². The molecule has 5 nitrogen and oxygen atoms in total. The van der Waals surface area contributed by atoms with Gasteiger partial charge in [0.15, 0.2) is 0 Å². The van der Waals surface area contributed by atoms with E-state index in [0.717, 1.165) is 32.1 Å². The Kier molecular flexibility index (Phi) is 6.12. The van der Waals surface area contributed by atoms with Gasteiger partial charge in [0, 0.05) is 31.8 Å². The molecule has 2 amide bonds. The van der Waals surface area contributed by atoms with Crippen LogP contribution in [0.15, 0.2) is 0 Å². The van der Waals surface area contributed by atoms with E-state index in [4.69, 9.17) is 5.11 Å². The highest BCUT2D eigenvalue weighted by Crippen LogP contribution is 2.44. The smallest absolute Gasteiger partial charge is 0.220 e. The molecule has 0 bridgehead atoms. The number of aliphatic hydroxyl groups excluding tert-OH is 1. The number of hydrogen-bond donors (Lipinski definition) is 3. The zero-order chi connectivity index (χ0) is 13.4. The summed E-state index contributed by atoms with van der Waals surface area (Å²) in [5, 5.41) is 14.7. The van der Waals surface area contributed by atoms with Crippen LogP contribution in [0, 0.1) is 5.41 Å². The molecule has 0 aromatic heterocycles. The van der Waals surface area contributed by atoms with Gasteiger partial charge in [-0.2, -0.15) is 0 Å². The largest absolute Gasteiger partial charge is 0.396 e. The summed E-state index contributed by atoms with van der Waals surface area (Å²) in [6.07, 6.45) is 5.26. The maximum absolute atomic E-state index is 11.5. The highest BCUT2D eigenvalue weighted by Gasteiger charge is 2.41. The van der Waals surface area contributed by atoms with E-state index in [1.54, 1.807) is 0 Å². The van der Waals surface area contributed by atoms with Crippen molar-refractivity contribution in [2.24, 2.45) is 5.41 Å². The molecule has 1 saturated carbocycles. The van der Waals surface area contributed by atoms with Gasteiger partial charge in [-0.05, 0) is 25.7 Å². The summed E-state index contributed by atoms with van der Waals surface area (Å²) in [6, 6.07) is 0. The molecule has 1 aliphatic carbocycles. The Morgan fingerprint density at radius 3 is 2.44 bits per heavy atom. The van der Waals surface area contributed by atoms with E-state index in [-0.39, 0.29) is 23.8 Å². The summed E-state index contributed by atoms with van der Waals surface area (Å²) in [6.45, 7) is 2.96. The summed E-state index contributed by atoms with van der Waals surface area (Å²) in [5.74, 6) is 0.0562. The van der Waals surface area contributed by atoms with E-state index in [1.165, 1.54) is 6.92 Å². The number of nitrogens with one attached hydrogen (secondary N) is 2. The molecule has 1 rings (SSSR count). The van der Waals surface area contributed by atoms with Gasteiger partial charge >= 0.3 is 0 Å². The van der Waals surface area contributed by atoms with Gasteiger partial charge in [-0.15, -0.1) is 0 Å². The van der Waals surface area contributed by atoms with Crippen LogP contribution in [0.2, 0.25) is 0 Å². The highest BCUT2D eigenvalue weighted by atomic mass is 16.3. The first-order valence-electron chi connectivity index (χ1n) is 6.70. The van der Waals surface area contributed by atoms with Crippen LogP contribution in [0.5, 0.6) is 0 Å². The zero-order valence-corrected chi connectivity index (χ0v) is 11.1. The third-order valence-corrected chi connectivity index (χ3v) is 3.41. The Labute approximate surface area is 108 Å². The van der Waals surface area contributed by atoms with E-state index >= 15 is 0 Å². The summed E-state index contributed by atoms with van der Waals surface area (Å²) in [5.41, 5.74) is -0.0128. The molecule has 0 radical (unpaired) electrons. The van der Waals surface area contributed by atoms with E-state index in [1.807, 2.05) is 0 Å². The van der Waals surface area contributed by atoms with Gasteiger partial charge in [-0.1, -0.05) is 6.42 Å². The molecule has 104 valence electrons. The topological polar surface area (TPSA) is 78.4 Å². The van der Waals surface area contributed by atoms with Crippen LogP contribution in [-0.2, 0) is 9.59 Å². The third-order valence-electron chi connectivity index (χ3n) is 3.41. The van der Waals surface area contributed by atoms with Gasteiger partial charge in [0.1, 0.15) is 0 Å². The zero-order valence-electron chi connectivity index (χ0n) is 11.1. The van der Waals surface area contributed by atoms with Crippen molar-refractivity contribution in [1.82, 2.24) is 10.6 Å². The van der Waals surface area contributed by atoms with Crippen LogP contribution < -0.4 is 10.6 Å². The number of carbonyl (C=O) groups excluding carboxylic acids is 2. The molecule has 0 aliphatic heterocycles. The molecule has 18 heavy (non-hydrogen) atoms. The molecule has 3 N–H and O–H groups in total. The Balaban J connectivity index is 1.92. The van der Waals surface area contributed by atoms with Gasteiger partial charge in [0.05, 0.1) is 6.61 Å². The minimum atomic E-state index is -0.0128. The lowest BCUT2D eigenvalue weighted by Gasteiger charge is -2.12. The van der Waals surface area contributed by atoms with Crippen molar-refractivity contribution in [3.05, 3.63) is 0 Å². The fourth-order valence-corrected chi connectivity index (χ4v) is 1.79. The standard InChI is InChI=1S/C13H24N2O3/c1-11(17)14-8-4-2-3-5-12(18)15-9-13(10-16)6-7-13/h16H,2-10H2,1H3,(H,14,17)(H,15,18). The molecule has 0 spiro atoms. The average molecular weight is 256 g/mol. The fraction of sp³-hybridized carbons (Fsp3) is 0.846. The van der Waals surface area contributed by atoms with Gasteiger partial charge in [-0.25, -0.2) is 0 Å². The molecular formula is C13H24N2O3. The molecule has 5 heteroatoms. The average Bonchev–Trinajstić information content (AvgIpc) is 3.11. The second-order valence-corrected chi connectivity index (χ2v) is 5.23. The second kappa shape index (κ2) is 7.36. The van der Waals surface area contributed by atoms with Crippen molar-refractivity contribution >= 4 is 11.8 Å². The number of hydrogen-bond acceptors (Lipinski definition) is 3. The Morgan fingerprint density at radius 1 is 1.17 bits per heavy atom. The van der Waals surface area contributed by atoms with E-state index in [0.29, 0.717) is 19.5 Å². The maximum Gasteiger partial charge on any atom is 0.220 e. The number of aliphatic hydroxyl groups is 1. The quantitative estimate of drug-likeness (QED) is 0.528. The molecular weight excluding hydrogens is 232 g/mol. The first-order chi connectivity index (χ1) is 8.58. The van der Waals surface area contributed by atoms with Crippen molar-refractivity contribution in [3.63, 3.8) is 0 Å². The van der Waals surface area contributed by atoms with Crippen LogP contribution in [0.25, 0.3) is 0 Å². The molecule has 0 atom stereocenters. The van der Waals surface area contributed by atoms with E-state index in [2.05, 4.69) is 10.6 Å². The first kappa shape index (κ1) is 15.0. The van der Waals surface area contributed by atoms with Crippen molar-refractivity contribution < 1.29 is 14.7 Å². The monoisotopic (exact) mass is 256 g/mol. The lowest BCUT2D eigenvalue weighted by atomic mass is 10.1. The van der Waals surface area contributed by atoms with Crippen molar-refractivity contribution in [1.29, 1.82) is 0 Å². The molecule has 0 unspecified atom stereocenters. The summed E-state index contributed by atoms with van der Waals surface area (Å²) >= 11 is 0. The molecule has 0 heterocycles. The number of carbonyl (C=O) groups is 2. The van der Waals surface area contributed by atoms with Crippen molar-refractivity contribution in [2.45, 2.75) is 45.4 Å². The van der Waals surface area contributed by atoms with Crippen LogP contribution in [0.3, 0.4) is 0 Å². The van der Waals surface area contributed by atoms with Crippen LogP contribution >= 0.6 is 0 Å². The summed E-state index contributed by atoms with van der Waals surface area (Å²) in [4.78, 5) is 22.1. The molecule has 0 saturated heterocycles. The third kappa shape index (κ3) is 6.00. The number of amides is 2. The molecule has 0 aromatic carbocycles. The molecule has 1 aliphatic rings. The van der Waals surface area contributed by atoms with Gasteiger partial charge < -0.3 is 15.7 Å². The predicted octanol–water partition coefficient (Wildman–Crippen LogP) is 0.572. The first-order valence-corrected chi connectivity index (χ1v) is 6.70. The Morgan fingerprint density at radius 2 is 1.89 bits per heavy atom. The Bertz CT molecular complexity index is 288. The van der Waals surface area contributed by atoms with Gasteiger partial charge in [-0.3, -0.25) is 9.59 Å². The second-order valence-electron chi connectivity index (χ2n) is 5.23. The Hall–Kier alpha value is -1.10. The van der Waals surface area contributed by atoms with Crippen LogP contribution in [0.1, 0.15) is 45.4 Å². The van der Waals surface area contributed by atoms with Crippen molar-refractivity contribution in [2.75, 3.05) is 19.7 Å². The number of rotatable bonds is 9. The highest BCUT2D eigenvalue weighted by molar-refractivity contribution is 5.75. The number of unbranched alkanes of at least 4 members (excludes halogenated alkanes) is 2.